The van der Waals surface area contributed by atoms with Crippen molar-refractivity contribution in [3.05, 3.63) is 182 Å². The Labute approximate surface area is 268 Å². The van der Waals surface area contributed by atoms with Crippen LogP contribution in [0.3, 0.4) is 0 Å². The van der Waals surface area contributed by atoms with Crippen molar-refractivity contribution in [2.45, 2.75) is 0 Å². The molecule has 0 N–H and O–H groups in total. The fourth-order valence-corrected chi connectivity index (χ4v) is 7.40. The van der Waals surface area contributed by atoms with E-state index in [-0.39, 0.29) is 0 Å². The van der Waals surface area contributed by atoms with Crippen molar-refractivity contribution in [1.82, 2.24) is 0 Å². The van der Waals surface area contributed by atoms with Crippen LogP contribution >= 0.6 is 0 Å². The molecule has 0 fully saturated rings. The molecule has 0 aliphatic rings. The molecule has 0 heterocycles. The maximum Gasteiger partial charge on any atom is -0.00204 e. The predicted octanol–water partition coefficient (Wildman–Crippen LogP) is 13.0. The van der Waals surface area contributed by atoms with Crippen LogP contribution < -0.4 is 0 Å². The Morgan fingerprint density at radius 2 is 0.630 bits per heavy atom. The van der Waals surface area contributed by atoms with Crippen molar-refractivity contribution in [2.24, 2.45) is 0 Å². The van der Waals surface area contributed by atoms with Crippen LogP contribution in [0.25, 0.3) is 87.6 Å². The molecule has 214 valence electrons. The third-order valence-electron chi connectivity index (χ3n) is 9.48. The molecule has 0 aliphatic heterocycles. The lowest BCUT2D eigenvalue weighted by molar-refractivity contribution is 1.63. The van der Waals surface area contributed by atoms with Gasteiger partial charge in [0.05, 0.1) is 0 Å². The molecule has 0 bridgehead atoms. The fraction of sp³-hybridized carbons (Fsp3) is 0. The molecule has 9 aromatic rings. The molecule has 0 atom stereocenters. The second-order valence-electron chi connectivity index (χ2n) is 12.0. The van der Waals surface area contributed by atoms with E-state index >= 15 is 0 Å². The van der Waals surface area contributed by atoms with Crippen LogP contribution in [0, 0.1) is 0 Å². The van der Waals surface area contributed by atoms with Gasteiger partial charge in [0.2, 0.25) is 0 Å². The van der Waals surface area contributed by atoms with E-state index in [1.54, 1.807) is 0 Å². The monoisotopic (exact) mass is 582 g/mol. The lowest BCUT2D eigenvalue weighted by Gasteiger charge is -2.19. The lowest BCUT2D eigenvalue weighted by Crippen LogP contribution is -1.92. The number of hydrogen-bond donors (Lipinski definition) is 0. The van der Waals surface area contributed by atoms with Crippen molar-refractivity contribution < 1.29 is 0 Å². The van der Waals surface area contributed by atoms with Crippen molar-refractivity contribution >= 4 is 43.1 Å². The van der Waals surface area contributed by atoms with Crippen molar-refractivity contribution in [3.8, 4) is 44.5 Å². The highest BCUT2D eigenvalue weighted by Gasteiger charge is 2.18. The van der Waals surface area contributed by atoms with Gasteiger partial charge in [-0.2, -0.15) is 0 Å². The van der Waals surface area contributed by atoms with Gasteiger partial charge in [0.1, 0.15) is 0 Å². The van der Waals surface area contributed by atoms with Crippen molar-refractivity contribution in [2.75, 3.05) is 0 Å². The Hall–Kier alpha value is -5.98. The van der Waals surface area contributed by atoms with Crippen LogP contribution in [-0.2, 0) is 0 Å². The van der Waals surface area contributed by atoms with Crippen LogP contribution in [-0.4, -0.2) is 0 Å². The van der Waals surface area contributed by atoms with Gasteiger partial charge in [-0.1, -0.05) is 176 Å². The smallest absolute Gasteiger partial charge is 0.00204 e. The van der Waals surface area contributed by atoms with Gasteiger partial charge in [-0.05, 0) is 93.7 Å². The van der Waals surface area contributed by atoms with E-state index < -0.39 is 0 Å². The van der Waals surface area contributed by atoms with E-state index in [1.165, 1.54) is 87.6 Å². The highest BCUT2D eigenvalue weighted by Crippen LogP contribution is 2.45. The average molecular weight is 583 g/mol. The van der Waals surface area contributed by atoms with Gasteiger partial charge < -0.3 is 0 Å². The fourth-order valence-electron chi connectivity index (χ4n) is 7.40. The normalized spacial score (nSPS) is 11.5. The summed E-state index contributed by atoms with van der Waals surface area (Å²) < 4.78 is 0. The van der Waals surface area contributed by atoms with Gasteiger partial charge in [0.15, 0.2) is 0 Å². The third kappa shape index (κ3) is 4.23. The number of rotatable bonds is 4. The second-order valence-corrected chi connectivity index (χ2v) is 12.0. The van der Waals surface area contributed by atoms with Gasteiger partial charge in [-0.25, -0.2) is 0 Å². The molecule has 0 aromatic heterocycles. The largest absolute Gasteiger partial charge is 0.0622 e. The summed E-state index contributed by atoms with van der Waals surface area (Å²) in [7, 11) is 0. The molecule has 0 spiro atoms. The minimum absolute atomic E-state index is 1.24. The van der Waals surface area contributed by atoms with Crippen LogP contribution in [0.15, 0.2) is 182 Å². The molecule has 9 aromatic carbocycles. The minimum atomic E-state index is 1.24. The van der Waals surface area contributed by atoms with Gasteiger partial charge in [0.25, 0.3) is 0 Å². The Morgan fingerprint density at radius 3 is 1.24 bits per heavy atom. The molecule has 46 heavy (non-hydrogen) atoms. The Balaban J connectivity index is 1.34. The van der Waals surface area contributed by atoms with E-state index in [4.69, 9.17) is 0 Å². The SMILES string of the molecule is c1ccc(-c2ccc(-c3cccc4c(-c5ccc(-c6ccccc6)c6ccccc56)c5ccccc5cc34)c3ccccc23)cc1. The van der Waals surface area contributed by atoms with Crippen LogP contribution in [0.4, 0.5) is 0 Å². The summed E-state index contributed by atoms with van der Waals surface area (Å²) >= 11 is 0. The molecule has 0 nitrogen and oxygen atoms in total. The van der Waals surface area contributed by atoms with Gasteiger partial charge >= 0.3 is 0 Å². The third-order valence-corrected chi connectivity index (χ3v) is 9.48. The van der Waals surface area contributed by atoms with Gasteiger partial charge in [-0.15, -0.1) is 0 Å². The van der Waals surface area contributed by atoms with Gasteiger partial charge in [0, 0.05) is 0 Å². The second kappa shape index (κ2) is 10.9. The first-order valence-electron chi connectivity index (χ1n) is 15.9. The molecular weight excluding hydrogens is 553 g/mol. The first-order chi connectivity index (χ1) is 22.8. The molecule has 0 heteroatoms. The molecule has 0 unspecified atom stereocenters. The van der Waals surface area contributed by atoms with E-state index in [2.05, 4.69) is 182 Å². The number of benzene rings is 9. The molecule has 0 saturated heterocycles. The molecule has 0 radical (unpaired) electrons. The molecule has 0 saturated carbocycles. The zero-order chi connectivity index (χ0) is 30.5. The number of hydrogen-bond acceptors (Lipinski definition) is 0. The summed E-state index contributed by atoms with van der Waals surface area (Å²) in [5.74, 6) is 0. The predicted molar refractivity (Wildman–Crippen MR) is 198 cm³/mol. The van der Waals surface area contributed by atoms with E-state index in [9.17, 15) is 0 Å². The Morgan fingerprint density at radius 1 is 0.217 bits per heavy atom. The number of fused-ring (bicyclic) bond motifs is 4. The average Bonchev–Trinajstić information content (AvgIpc) is 3.13. The summed E-state index contributed by atoms with van der Waals surface area (Å²) in [5, 5.41) is 10.1. The van der Waals surface area contributed by atoms with Crippen LogP contribution in [0.1, 0.15) is 0 Å². The minimum Gasteiger partial charge on any atom is -0.0622 e. The molecular formula is C46H30. The zero-order valence-corrected chi connectivity index (χ0v) is 25.3. The quantitative estimate of drug-likeness (QED) is 0.181. The van der Waals surface area contributed by atoms with Crippen LogP contribution in [0.2, 0.25) is 0 Å². The molecule has 0 amide bonds. The first-order valence-corrected chi connectivity index (χ1v) is 15.9. The Kier molecular flexibility index (Phi) is 6.25. The Bertz CT molecular complexity index is 2560. The summed E-state index contributed by atoms with van der Waals surface area (Å²) in [5.41, 5.74) is 10.1. The van der Waals surface area contributed by atoms with Crippen LogP contribution in [0.5, 0.6) is 0 Å². The molecule has 9 rings (SSSR count). The zero-order valence-electron chi connectivity index (χ0n) is 25.3. The summed E-state index contributed by atoms with van der Waals surface area (Å²) in [6.07, 6.45) is 0. The summed E-state index contributed by atoms with van der Waals surface area (Å²) in [6.45, 7) is 0. The first kappa shape index (κ1) is 26.4. The van der Waals surface area contributed by atoms with Gasteiger partial charge in [-0.3, -0.25) is 0 Å². The molecule has 0 aliphatic carbocycles. The van der Waals surface area contributed by atoms with E-state index in [0.717, 1.165) is 0 Å². The highest BCUT2D eigenvalue weighted by atomic mass is 14.2. The lowest BCUT2D eigenvalue weighted by atomic mass is 9.84. The van der Waals surface area contributed by atoms with Crippen molar-refractivity contribution in [3.63, 3.8) is 0 Å². The summed E-state index contributed by atoms with van der Waals surface area (Å²) in [6, 6.07) is 66.5. The standard InChI is InChI=1S/C46H30/c1-3-14-31(15-4-1)34-26-28-42(39-22-11-9-20-37(34)39)41-24-13-25-43-45(41)30-33-18-7-8-19-36(33)46(43)44-29-27-35(32-16-5-2-6-17-32)38-21-10-12-23-40(38)44/h1-30H. The summed E-state index contributed by atoms with van der Waals surface area (Å²) in [4.78, 5) is 0. The maximum atomic E-state index is 2.39. The topological polar surface area (TPSA) is 0 Å². The van der Waals surface area contributed by atoms with E-state index in [0.29, 0.717) is 0 Å². The highest BCUT2D eigenvalue weighted by molar-refractivity contribution is 6.21. The van der Waals surface area contributed by atoms with E-state index in [1.807, 2.05) is 0 Å². The van der Waals surface area contributed by atoms with Crippen molar-refractivity contribution in [1.29, 1.82) is 0 Å². The maximum absolute atomic E-state index is 2.39.